The minimum atomic E-state index is -0.244. The first-order valence-electron chi connectivity index (χ1n) is 6.16. The highest BCUT2D eigenvalue weighted by Gasteiger charge is 2.03. The van der Waals surface area contributed by atoms with E-state index in [9.17, 15) is 4.79 Å². The summed E-state index contributed by atoms with van der Waals surface area (Å²) in [6.07, 6.45) is 3.15. The topological polar surface area (TPSA) is 38.3 Å². The van der Waals surface area contributed by atoms with Crippen LogP contribution in [0.2, 0.25) is 10.0 Å². The lowest BCUT2D eigenvalue weighted by Gasteiger charge is -2.06. The molecule has 0 aromatic heterocycles. The maximum atomic E-state index is 11.8. The smallest absolute Gasteiger partial charge is 0.248 e. The quantitative estimate of drug-likeness (QED) is 0.832. The first-order valence-corrected chi connectivity index (χ1v) is 6.92. The average molecular weight is 322 g/mol. The van der Waals surface area contributed by atoms with E-state index < -0.39 is 0 Å². The number of anilines is 1. The Balaban J connectivity index is 2.01. The van der Waals surface area contributed by atoms with Crippen molar-refractivity contribution >= 4 is 40.9 Å². The van der Waals surface area contributed by atoms with Crippen LogP contribution in [0.15, 0.2) is 48.5 Å². The third-order valence-electron chi connectivity index (χ3n) is 2.72. The number of carbonyl (C=O) groups excluding carboxylic acids is 1. The first kappa shape index (κ1) is 15.4. The summed E-state index contributed by atoms with van der Waals surface area (Å²) < 4.78 is 5.05. The van der Waals surface area contributed by atoms with Gasteiger partial charge in [-0.05, 0) is 42.0 Å². The molecule has 3 nitrogen and oxygen atoms in total. The summed E-state index contributed by atoms with van der Waals surface area (Å²) >= 11 is 11.8. The van der Waals surface area contributed by atoms with Gasteiger partial charge in [0.15, 0.2) is 0 Å². The predicted octanol–water partition coefficient (Wildman–Crippen LogP) is 4.65. The molecule has 0 saturated carbocycles. The molecular weight excluding hydrogens is 309 g/mol. The van der Waals surface area contributed by atoms with E-state index in [1.807, 2.05) is 12.1 Å². The first-order chi connectivity index (χ1) is 10.1. The largest absolute Gasteiger partial charge is 0.495 e. The maximum Gasteiger partial charge on any atom is 0.248 e. The maximum absolute atomic E-state index is 11.8. The molecular formula is C16H13Cl2NO2. The Morgan fingerprint density at radius 1 is 1.14 bits per heavy atom. The molecule has 0 aliphatic carbocycles. The van der Waals surface area contributed by atoms with E-state index in [0.717, 1.165) is 5.56 Å². The molecule has 2 aromatic rings. The summed E-state index contributed by atoms with van der Waals surface area (Å²) in [5.41, 5.74) is 1.49. The molecule has 0 aliphatic heterocycles. The molecule has 0 saturated heterocycles. The molecule has 2 aromatic carbocycles. The van der Waals surface area contributed by atoms with Crippen LogP contribution in [-0.2, 0) is 4.79 Å². The predicted molar refractivity (Wildman–Crippen MR) is 87.1 cm³/mol. The number of rotatable bonds is 4. The fourth-order valence-corrected chi connectivity index (χ4v) is 2.06. The lowest BCUT2D eigenvalue weighted by molar-refractivity contribution is -0.111. The van der Waals surface area contributed by atoms with Crippen LogP contribution in [0.25, 0.3) is 6.08 Å². The molecule has 0 radical (unpaired) electrons. The summed E-state index contributed by atoms with van der Waals surface area (Å²) in [5.74, 6) is 0.317. The van der Waals surface area contributed by atoms with Gasteiger partial charge in [0.25, 0.3) is 0 Å². The van der Waals surface area contributed by atoms with Crippen molar-refractivity contribution in [3.8, 4) is 5.75 Å². The van der Waals surface area contributed by atoms with E-state index in [-0.39, 0.29) is 5.91 Å². The molecule has 0 unspecified atom stereocenters. The fourth-order valence-electron chi connectivity index (χ4n) is 1.67. The van der Waals surface area contributed by atoms with E-state index in [1.54, 1.807) is 36.4 Å². The van der Waals surface area contributed by atoms with E-state index in [0.29, 0.717) is 21.5 Å². The van der Waals surface area contributed by atoms with Crippen LogP contribution in [0.4, 0.5) is 5.69 Å². The Labute approximate surface area is 133 Å². The van der Waals surface area contributed by atoms with E-state index in [2.05, 4.69) is 5.32 Å². The molecule has 1 N–H and O–H groups in total. The molecule has 0 fully saturated rings. The van der Waals surface area contributed by atoms with Crippen molar-refractivity contribution in [1.29, 1.82) is 0 Å². The van der Waals surface area contributed by atoms with Gasteiger partial charge < -0.3 is 10.1 Å². The Morgan fingerprint density at radius 3 is 2.48 bits per heavy atom. The van der Waals surface area contributed by atoms with E-state index in [4.69, 9.17) is 27.9 Å². The third-order valence-corrected chi connectivity index (χ3v) is 3.26. The summed E-state index contributed by atoms with van der Waals surface area (Å²) in [6.45, 7) is 0. The molecule has 1 amide bonds. The highest BCUT2D eigenvalue weighted by atomic mass is 35.5. The summed E-state index contributed by atoms with van der Waals surface area (Å²) in [7, 11) is 1.54. The van der Waals surface area contributed by atoms with Crippen molar-refractivity contribution in [1.82, 2.24) is 0 Å². The number of hydrogen-bond donors (Lipinski definition) is 1. The summed E-state index contributed by atoms with van der Waals surface area (Å²) in [4.78, 5) is 11.8. The van der Waals surface area contributed by atoms with Crippen molar-refractivity contribution in [3.63, 3.8) is 0 Å². The van der Waals surface area contributed by atoms with Crippen molar-refractivity contribution in [2.45, 2.75) is 0 Å². The monoisotopic (exact) mass is 321 g/mol. The zero-order chi connectivity index (χ0) is 15.2. The lowest BCUT2D eigenvalue weighted by atomic mass is 10.2. The molecule has 0 aliphatic rings. The molecule has 108 valence electrons. The van der Waals surface area contributed by atoms with Gasteiger partial charge in [0.05, 0.1) is 12.1 Å². The summed E-state index contributed by atoms with van der Waals surface area (Å²) in [6, 6.07) is 12.2. The van der Waals surface area contributed by atoms with E-state index >= 15 is 0 Å². The van der Waals surface area contributed by atoms with Crippen LogP contribution in [0.5, 0.6) is 5.75 Å². The normalized spacial score (nSPS) is 10.6. The van der Waals surface area contributed by atoms with Crippen LogP contribution >= 0.6 is 23.2 Å². The molecule has 2 rings (SSSR count). The van der Waals surface area contributed by atoms with Gasteiger partial charge in [-0.25, -0.2) is 0 Å². The van der Waals surface area contributed by atoms with Crippen LogP contribution in [0, 0.1) is 0 Å². The zero-order valence-corrected chi connectivity index (χ0v) is 12.8. The molecule has 0 heterocycles. The molecule has 21 heavy (non-hydrogen) atoms. The number of nitrogens with one attached hydrogen (secondary N) is 1. The number of methoxy groups -OCH3 is 1. The molecule has 0 bridgehead atoms. The Hall–Kier alpha value is -1.97. The number of benzene rings is 2. The SMILES string of the molecule is COc1ccc(NC(=O)C=Cc2ccc(Cl)cc2)cc1Cl. The number of halogens is 2. The standard InChI is InChI=1S/C16H13Cl2NO2/c1-21-15-8-7-13(10-14(15)18)19-16(20)9-4-11-2-5-12(17)6-3-11/h2-10H,1H3,(H,19,20). The third kappa shape index (κ3) is 4.52. The van der Waals surface area contributed by atoms with Crippen molar-refractivity contribution in [2.24, 2.45) is 0 Å². The molecule has 0 spiro atoms. The van der Waals surface area contributed by atoms with Crippen LogP contribution < -0.4 is 10.1 Å². The van der Waals surface area contributed by atoms with Crippen molar-refractivity contribution < 1.29 is 9.53 Å². The van der Waals surface area contributed by atoms with Crippen LogP contribution in [0.3, 0.4) is 0 Å². The van der Waals surface area contributed by atoms with Gasteiger partial charge in [0.1, 0.15) is 5.75 Å². The molecule has 5 heteroatoms. The highest BCUT2D eigenvalue weighted by Crippen LogP contribution is 2.27. The average Bonchev–Trinajstić information content (AvgIpc) is 2.47. The summed E-state index contributed by atoms with van der Waals surface area (Å²) in [5, 5.41) is 3.82. The van der Waals surface area contributed by atoms with Gasteiger partial charge in [-0.15, -0.1) is 0 Å². The highest BCUT2D eigenvalue weighted by molar-refractivity contribution is 6.32. The van der Waals surface area contributed by atoms with Crippen LogP contribution in [0.1, 0.15) is 5.56 Å². The minimum Gasteiger partial charge on any atom is -0.495 e. The fraction of sp³-hybridized carbons (Fsp3) is 0.0625. The number of hydrogen-bond acceptors (Lipinski definition) is 2. The lowest BCUT2D eigenvalue weighted by Crippen LogP contribution is -2.07. The van der Waals surface area contributed by atoms with Gasteiger partial charge in [-0.2, -0.15) is 0 Å². The van der Waals surface area contributed by atoms with E-state index in [1.165, 1.54) is 13.2 Å². The Bertz CT molecular complexity index is 666. The van der Waals surface area contributed by atoms with Crippen molar-refractivity contribution in [2.75, 3.05) is 12.4 Å². The van der Waals surface area contributed by atoms with Crippen LogP contribution in [-0.4, -0.2) is 13.0 Å². The van der Waals surface area contributed by atoms with Gasteiger partial charge in [-0.1, -0.05) is 35.3 Å². The van der Waals surface area contributed by atoms with Gasteiger partial charge >= 0.3 is 0 Å². The zero-order valence-electron chi connectivity index (χ0n) is 11.3. The second-order valence-electron chi connectivity index (χ2n) is 4.22. The molecule has 0 atom stereocenters. The minimum absolute atomic E-state index is 0.244. The second kappa shape index (κ2) is 7.16. The van der Waals surface area contributed by atoms with Gasteiger partial charge in [0, 0.05) is 16.8 Å². The number of carbonyl (C=O) groups is 1. The van der Waals surface area contributed by atoms with Gasteiger partial charge in [-0.3, -0.25) is 4.79 Å². The Morgan fingerprint density at radius 2 is 1.86 bits per heavy atom. The number of amides is 1. The Kier molecular flexibility index (Phi) is 5.26. The van der Waals surface area contributed by atoms with Gasteiger partial charge in [0.2, 0.25) is 5.91 Å². The van der Waals surface area contributed by atoms with Crippen molar-refractivity contribution in [3.05, 3.63) is 64.1 Å². The number of ether oxygens (including phenoxy) is 1. The second-order valence-corrected chi connectivity index (χ2v) is 5.07.